The number of hydrogen-bond acceptors (Lipinski definition) is 4. The molecule has 5 rings (SSSR count). The van der Waals surface area contributed by atoms with Crippen LogP contribution >= 0.6 is 0 Å². The van der Waals surface area contributed by atoms with E-state index in [1.807, 2.05) is 19.1 Å². The molecule has 0 bridgehead atoms. The van der Waals surface area contributed by atoms with E-state index in [9.17, 15) is 18.8 Å². The Morgan fingerprint density at radius 2 is 1.97 bits per heavy atom. The smallest absolute Gasteiger partial charge is 0.255 e. The maximum absolute atomic E-state index is 14.5. The standard InChI is InChI=1S/C25H32FN3O3/c1-15(25(26)10-11-25)27-20-5-3-2-4-17(20)12-16-6-7-19-18(13-16)14-29(24(19)32)21-8-9-22(30)28-23(21)31/h6-7,13,15,17,20-21,27H,2-5,8-12,14H2,1H3,(H,28,30,31)/t15?,17-,20+,21?/m1/s1. The van der Waals surface area contributed by atoms with Gasteiger partial charge < -0.3 is 10.2 Å². The third-order valence-corrected chi connectivity index (χ3v) is 7.96. The Morgan fingerprint density at radius 3 is 2.72 bits per heavy atom. The highest BCUT2D eigenvalue weighted by Gasteiger charge is 2.49. The van der Waals surface area contributed by atoms with Gasteiger partial charge in [0.15, 0.2) is 0 Å². The van der Waals surface area contributed by atoms with Crippen LogP contribution in [0.4, 0.5) is 4.39 Å². The summed E-state index contributed by atoms with van der Waals surface area (Å²) in [4.78, 5) is 38.2. The minimum absolute atomic E-state index is 0.104. The number of rotatable bonds is 6. The number of benzene rings is 1. The molecular weight excluding hydrogens is 409 g/mol. The number of amides is 3. The van der Waals surface area contributed by atoms with E-state index in [4.69, 9.17) is 0 Å². The highest BCUT2D eigenvalue weighted by Crippen LogP contribution is 2.43. The summed E-state index contributed by atoms with van der Waals surface area (Å²) in [5, 5.41) is 5.95. The minimum Gasteiger partial charge on any atom is -0.322 e. The molecule has 0 aromatic heterocycles. The predicted molar refractivity (Wildman–Crippen MR) is 118 cm³/mol. The van der Waals surface area contributed by atoms with Crippen molar-refractivity contribution in [2.24, 2.45) is 5.92 Å². The Balaban J connectivity index is 1.27. The summed E-state index contributed by atoms with van der Waals surface area (Å²) in [7, 11) is 0. The lowest BCUT2D eigenvalue weighted by Gasteiger charge is -2.35. The monoisotopic (exact) mass is 441 g/mol. The normalized spacial score (nSPS) is 30.1. The number of hydrogen-bond donors (Lipinski definition) is 2. The first-order valence-corrected chi connectivity index (χ1v) is 12.1. The van der Waals surface area contributed by atoms with Crippen LogP contribution in [-0.2, 0) is 22.6 Å². The van der Waals surface area contributed by atoms with Gasteiger partial charge in [0.05, 0.1) is 0 Å². The molecule has 3 fully saturated rings. The SMILES string of the molecule is CC(N[C@H]1CCCC[C@@H]1Cc1ccc2c(c1)CN(C1CCC(=O)NC1=O)C2=O)C1(F)CC1. The van der Waals surface area contributed by atoms with Gasteiger partial charge in [-0.15, -0.1) is 0 Å². The van der Waals surface area contributed by atoms with Crippen molar-refractivity contribution in [2.45, 2.75) is 95.1 Å². The maximum Gasteiger partial charge on any atom is 0.255 e. The van der Waals surface area contributed by atoms with Crippen molar-refractivity contribution in [3.63, 3.8) is 0 Å². The number of carbonyl (C=O) groups is 3. The van der Waals surface area contributed by atoms with Crippen LogP contribution in [0.3, 0.4) is 0 Å². The Kier molecular flexibility index (Phi) is 5.56. The van der Waals surface area contributed by atoms with E-state index in [2.05, 4.69) is 16.7 Å². The summed E-state index contributed by atoms with van der Waals surface area (Å²) in [6.45, 7) is 2.38. The molecule has 32 heavy (non-hydrogen) atoms. The van der Waals surface area contributed by atoms with Gasteiger partial charge in [-0.1, -0.05) is 25.0 Å². The molecule has 4 aliphatic rings. The quantitative estimate of drug-likeness (QED) is 0.666. The number of carbonyl (C=O) groups excluding carboxylic acids is 3. The van der Waals surface area contributed by atoms with Crippen molar-refractivity contribution >= 4 is 17.7 Å². The second-order valence-electron chi connectivity index (χ2n) is 10.2. The Labute approximate surface area is 188 Å². The lowest BCUT2D eigenvalue weighted by molar-refractivity contribution is -0.136. The zero-order valence-electron chi connectivity index (χ0n) is 18.7. The number of nitrogens with one attached hydrogen (secondary N) is 2. The molecule has 2 aliphatic carbocycles. The maximum atomic E-state index is 14.5. The highest BCUT2D eigenvalue weighted by atomic mass is 19.1. The van der Waals surface area contributed by atoms with Crippen molar-refractivity contribution < 1.29 is 18.8 Å². The molecule has 0 radical (unpaired) electrons. The molecule has 0 spiro atoms. The average molecular weight is 442 g/mol. The van der Waals surface area contributed by atoms with Crippen LogP contribution < -0.4 is 10.6 Å². The second kappa shape index (κ2) is 8.25. The number of fused-ring (bicyclic) bond motifs is 1. The zero-order valence-corrected chi connectivity index (χ0v) is 18.7. The first-order chi connectivity index (χ1) is 15.3. The summed E-state index contributed by atoms with van der Waals surface area (Å²) < 4.78 is 14.5. The summed E-state index contributed by atoms with van der Waals surface area (Å²) in [6, 6.07) is 5.64. The molecule has 172 valence electrons. The third-order valence-electron chi connectivity index (χ3n) is 7.96. The summed E-state index contributed by atoms with van der Waals surface area (Å²) in [5.41, 5.74) is 1.77. The first kappa shape index (κ1) is 21.6. The number of piperidine rings is 1. The largest absolute Gasteiger partial charge is 0.322 e. The van der Waals surface area contributed by atoms with Crippen LogP contribution in [0.2, 0.25) is 0 Å². The topological polar surface area (TPSA) is 78.5 Å². The van der Waals surface area contributed by atoms with E-state index in [1.54, 1.807) is 4.90 Å². The lowest BCUT2D eigenvalue weighted by Crippen LogP contribution is -2.52. The van der Waals surface area contributed by atoms with Crippen LogP contribution in [0.15, 0.2) is 18.2 Å². The van der Waals surface area contributed by atoms with E-state index in [1.165, 1.54) is 18.4 Å². The van der Waals surface area contributed by atoms with E-state index in [0.717, 1.165) is 24.8 Å². The number of alkyl halides is 1. The minimum atomic E-state index is -1.02. The van der Waals surface area contributed by atoms with Crippen molar-refractivity contribution in [1.29, 1.82) is 0 Å². The van der Waals surface area contributed by atoms with Crippen molar-refractivity contribution in [3.8, 4) is 0 Å². The molecule has 6 nitrogen and oxygen atoms in total. The number of halogens is 1. The predicted octanol–water partition coefficient (Wildman–Crippen LogP) is 3.03. The molecule has 2 N–H and O–H groups in total. The van der Waals surface area contributed by atoms with Gasteiger partial charge >= 0.3 is 0 Å². The first-order valence-electron chi connectivity index (χ1n) is 12.1. The highest BCUT2D eigenvalue weighted by molar-refractivity contribution is 6.05. The Morgan fingerprint density at radius 1 is 1.19 bits per heavy atom. The summed E-state index contributed by atoms with van der Waals surface area (Å²) in [6.07, 6.45) is 7.47. The molecule has 2 aliphatic heterocycles. The zero-order chi connectivity index (χ0) is 22.5. The third kappa shape index (κ3) is 4.07. The molecule has 4 atom stereocenters. The fourth-order valence-corrected chi connectivity index (χ4v) is 5.75. The van der Waals surface area contributed by atoms with Gasteiger partial charge in [0.25, 0.3) is 5.91 Å². The lowest BCUT2D eigenvalue weighted by atomic mass is 9.80. The van der Waals surface area contributed by atoms with Gasteiger partial charge in [-0.2, -0.15) is 0 Å². The molecular formula is C25H32FN3O3. The van der Waals surface area contributed by atoms with Crippen molar-refractivity contribution in [2.75, 3.05) is 0 Å². The van der Waals surface area contributed by atoms with Crippen LogP contribution in [-0.4, -0.2) is 46.4 Å². The van der Waals surface area contributed by atoms with Crippen molar-refractivity contribution in [1.82, 2.24) is 15.5 Å². The average Bonchev–Trinajstić information content (AvgIpc) is 3.44. The number of nitrogens with zero attached hydrogens (tertiary/aromatic N) is 1. The molecule has 1 saturated heterocycles. The Hall–Kier alpha value is -2.28. The molecule has 1 aromatic rings. The van der Waals surface area contributed by atoms with Gasteiger partial charge in [-0.05, 0) is 68.6 Å². The van der Waals surface area contributed by atoms with E-state index in [-0.39, 0.29) is 30.2 Å². The van der Waals surface area contributed by atoms with Crippen LogP contribution in [0, 0.1) is 5.92 Å². The van der Waals surface area contributed by atoms with Gasteiger partial charge in [-0.25, -0.2) is 4.39 Å². The fraction of sp³-hybridized carbons (Fsp3) is 0.640. The molecule has 2 heterocycles. The molecule has 1 aromatic carbocycles. The van der Waals surface area contributed by atoms with Gasteiger partial charge in [0, 0.05) is 30.6 Å². The van der Waals surface area contributed by atoms with Gasteiger partial charge in [0.2, 0.25) is 11.8 Å². The summed E-state index contributed by atoms with van der Waals surface area (Å²) >= 11 is 0. The molecule has 3 amide bonds. The second-order valence-corrected chi connectivity index (χ2v) is 10.2. The molecule has 2 unspecified atom stereocenters. The summed E-state index contributed by atoms with van der Waals surface area (Å²) in [5.74, 6) is -0.336. The number of imide groups is 1. The van der Waals surface area contributed by atoms with Crippen molar-refractivity contribution in [3.05, 3.63) is 34.9 Å². The van der Waals surface area contributed by atoms with Crippen LogP contribution in [0.5, 0.6) is 0 Å². The van der Waals surface area contributed by atoms with Crippen LogP contribution in [0.1, 0.15) is 79.8 Å². The van der Waals surface area contributed by atoms with E-state index < -0.39 is 11.7 Å². The Bertz CT molecular complexity index is 944. The molecule has 7 heteroatoms. The fourth-order valence-electron chi connectivity index (χ4n) is 5.75. The van der Waals surface area contributed by atoms with E-state index in [0.29, 0.717) is 43.3 Å². The van der Waals surface area contributed by atoms with E-state index >= 15 is 0 Å². The van der Waals surface area contributed by atoms with Gasteiger partial charge in [-0.3, -0.25) is 19.7 Å². The van der Waals surface area contributed by atoms with Crippen LogP contribution in [0.25, 0.3) is 0 Å². The van der Waals surface area contributed by atoms with Gasteiger partial charge in [0.1, 0.15) is 11.7 Å². The molecule has 2 saturated carbocycles.